The van der Waals surface area contributed by atoms with E-state index in [0.29, 0.717) is 24.0 Å². The summed E-state index contributed by atoms with van der Waals surface area (Å²) < 4.78 is 38.2. The number of rotatable bonds is 17. The molecule has 3 aromatic rings. The molecule has 5 N–H and O–H groups in total. The van der Waals surface area contributed by atoms with Gasteiger partial charge < -0.3 is 35.4 Å². The smallest absolute Gasteiger partial charge is 0.410 e. The van der Waals surface area contributed by atoms with E-state index in [2.05, 4.69) is 37.3 Å². The van der Waals surface area contributed by atoms with E-state index in [0.717, 1.165) is 25.7 Å². The summed E-state index contributed by atoms with van der Waals surface area (Å²) in [5.41, 5.74) is 5.75. The van der Waals surface area contributed by atoms with Crippen molar-refractivity contribution in [1.82, 2.24) is 14.9 Å². The van der Waals surface area contributed by atoms with Crippen LogP contribution in [-0.2, 0) is 25.6 Å². The van der Waals surface area contributed by atoms with Gasteiger partial charge in [0.15, 0.2) is 21.3 Å². The molecule has 286 valence electrons. The van der Waals surface area contributed by atoms with Crippen molar-refractivity contribution in [2.24, 2.45) is 0 Å². The van der Waals surface area contributed by atoms with E-state index in [1.807, 2.05) is 6.92 Å². The van der Waals surface area contributed by atoms with Gasteiger partial charge in [-0.15, -0.1) is 0 Å². The molecule has 0 spiro atoms. The fourth-order valence-corrected chi connectivity index (χ4v) is 9.30. The number of unbranched alkanes of at least 4 members (excludes halogenated alkanes) is 3. The number of carbonyl (C=O) groups is 2. The lowest BCUT2D eigenvalue weighted by molar-refractivity contribution is 0.0284. The Kier molecular flexibility index (Phi) is 15.2. The second-order valence-electron chi connectivity index (χ2n) is 14.6. The van der Waals surface area contributed by atoms with Gasteiger partial charge in [-0.1, -0.05) is 43.5 Å². The summed E-state index contributed by atoms with van der Waals surface area (Å²) in [7, 11) is -2.27. The minimum absolute atomic E-state index is 0.0166. The van der Waals surface area contributed by atoms with Crippen LogP contribution in [0.15, 0.2) is 53.6 Å². The van der Waals surface area contributed by atoms with Crippen molar-refractivity contribution in [3.63, 3.8) is 0 Å². The molecule has 0 saturated heterocycles. The quantitative estimate of drug-likeness (QED) is 0.0451. The standard InChI is InChI=1S/C36H51IN5O8PS/c1-34(2,3)49-33(46)42(7)22-25-13-12-14-27(30(25)44)41-32(45)29-31(38)39-21-28(40-29)24-15-17-26(18-16-24)52(47,48)35(4,5)23-36(6,50-51-37)19-10-8-9-11-20-43/h12-18,21,43-44,51H,8-11,19-20,22-23H2,1-7H3,(H2,38,39)(H,41,45). The minimum atomic E-state index is -3.80. The van der Waals surface area contributed by atoms with Gasteiger partial charge >= 0.3 is 6.09 Å². The average molecular weight is 872 g/mol. The number of aromatic hydroxyl groups is 1. The molecule has 52 heavy (non-hydrogen) atoms. The van der Waals surface area contributed by atoms with E-state index in [9.17, 15) is 23.1 Å². The number of sulfone groups is 1. The Labute approximate surface area is 321 Å². The highest BCUT2D eigenvalue weighted by atomic mass is 127. The van der Waals surface area contributed by atoms with Gasteiger partial charge in [0.1, 0.15) is 11.4 Å². The first-order chi connectivity index (χ1) is 24.2. The van der Waals surface area contributed by atoms with Gasteiger partial charge in [0, 0.05) is 24.8 Å². The molecule has 0 aliphatic heterocycles. The maximum Gasteiger partial charge on any atom is 0.410 e. The Morgan fingerprint density at radius 1 is 1.02 bits per heavy atom. The van der Waals surface area contributed by atoms with Crippen LogP contribution < -0.4 is 11.1 Å². The van der Waals surface area contributed by atoms with E-state index in [1.54, 1.807) is 58.9 Å². The van der Waals surface area contributed by atoms with Crippen molar-refractivity contribution in [1.29, 1.82) is 0 Å². The zero-order chi connectivity index (χ0) is 38.9. The first-order valence-corrected chi connectivity index (χ1v) is 22.4. The van der Waals surface area contributed by atoms with Crippen LogP contribution in [0.2, 0.25) is 0 Å². The first kappa shape index (κ1) is 43.3. The normalized spacial score (nSPS) is 13.6. The number of para-hydroxylation sites is 1. The number of hydrogen-bond acceptors (Lipinski definition) is 11. The third-order valence-corrected chi connectivity index (χ3v) is 12.1. The highest BCUT2D eigenvalue weighted by Gasteiger charge is 2.42. The number of hydrogen-bond donors (Lipinski definition) is 4. The van der Waals surface area contributed by atoms with Crippen molar-refractivity contribution >= 4 is 61.8 Å². The van der Waals surface area contributed by atoms with Gasteiger partial charge in [-0.05, 0) is 101 Å². The van der Waals surface area contributed by atoms with Crippen LogP contribution in [0.5, 0.6) is 5.75 Å². The Morgan fingerprint density at radius 2 is 1.67 bits per heavy atom. The van der Waals surface area contributed by atoms with Crippen LogP contribution >= 0.6 is 28.5 Å². The molecule has 2 aromatic carbocycles. The van der Waals surface area contributed by atoms with Gasteiger partial charge in [0.2, 0.25) is 0 Å². The summed E-state index contributed by atoms with van der Waals surface area (Å²) in [6.07, 6.45) is 5.26. The number of aliphatic hydroxyl groups excluding tert-OH is 1. The average Bonchev–Trinajstić information content (AvgIpc) is 3.05. The molecular weight excluding hydrogens is 820 g/mol. The molecule has 0 fully saturated rings. The van der Waals surface area contributed by atoms with Crippen molar-refractivity contribution < 1.29 is 37.5 Å². The molecule has 2 atom stereocenters. The number of nitrogens with one attached hydrogen (secondary N) is 1. The monoisotopic (exact) mass is 871 g/mol. The number of halogens is 1. The van der Waals surface area contributed by atoms with E-state index in [1.165, 1.54) is 36.3 Å². The number of phenols is 1. The molecule has 0 saturated carbocycles. The minimum Gasteiger partial charge on any atom is -0.505 e. The van der Waals surface area contributed by atoms with Crippen molar-refractivity contribution in [3.05, 3.63) is 59.9 Å². The van der Waals surface area contributed by atoms with Gasteiger partial charge in [-0.3, -0.25) is 4.79 Å². The van der Waals surface area contributed by atoms with Crippen LogP contribution in [0, 0.1) is 0 Å². The third-order valence-electron chi connectivity index (χ3n) is 8.38. The summed E-state index contributed by atoms with van der Waals surface area (Å²) in [6.45, 7) is 11.0. The highest BCUT2D eigenvalue weighted by Crippen LogP contribution is 2.42. The lowest BCUT2D eigenvalue weighted by atomic mass is 9.88. The van der Waals surface area contributed by atoms with Crippen LogP contribution in [0.25, 0.3) is 11.3 Å². The summed E-state index contributed by atoms with van der Waals surface area (Å²) in [5.74, 6) is -1.12. The number of nitrogens with two attached hydrogens (primary N) is 1. The second-order valence-corrected chi connectivity index (χ2v) is 18.8. The number of phenolic OH excluding ortho intramolecular Hbond substituents is 1. The third kappa shape index (κ3) is 11.7. The predicted molar refractivity (Wildman–Crippen MR) is 214 cm³/mol. The Balaban J connectivity index is 1.78. The number of aliphatic hydroxyl groups is 1. The number of nitrogen functional groups attached to an aromatic ring is 1. The number of amides is 2. The predicted octanol–water partition coefficient (Wildman–Crippen LogP) is 7.65. The molecule has 1 aromatic heterocycles. The van der Waals surface area contributed by atoms with Crippen LogP contribution in [0.1, 0.15) is 96.1 Å². The van der Waals surface area contributed by atoms with Crippen LogP contribution in [-0.4, -0.2) is 75.1 Å². The van der Waals surface area contributed by atoms with Gasteiger partial charge in [-0.25, -0.2) is 23.2 Å². The number of anilines is 2. The van der Waals surface area contributed by atoms with Crippen molar-refractivity contribution in [3.8, 4) is 17.0 Å². The Morgan fingerprint density at radius 3 is 2.29 bits per heavy atom. The number of ether oxygens (including phenoxy) is 1. The van der Waals surface area contributed by atoms with Crippen LogP contribution in [0.3, 0.4) is 0 Å². The molecule has 0 aliphatic rings. The van der Waals surface area contributed by atoms with E-state index in [4.69, 9.17) is 20.1 Å². The van der Waals surface area contributed by atoms with Crippen molar-refractivity contribution in [2.75, 3.05) is 24.7 Å². The fraction of sp³-hybridized carbons (Fsp3) is 0.500. The number of aromatic nitrogens is 2. The molecule has 0 bridgehead atoms. The van der Waals surface area contributed by atoms with Crippen molar-refractivity contribution in [2.45, 2.75) is 107 Å². The van der Waals surface area contributed by atoms with Gasteiger partial charge in [0.05, 0.1) is 45.8 Å². The number of benzene rings is 2. The van der Waals surface area contributed by atoms with E-state index >= 15 is 0 Å². The SMILES string of the molecule is CN(Cc1cccc(NC(=O)c2nc(-c3ccc(S(=O)(=O)C(C)(C)CC(C)(CCCCCCO)OPI)cc3)cnc2N)c1O)C(=O)OC(C)(C)C. The van der Waals surface area contributed by atoms with E-state index in [-0.39, 0.29) is 53.1 Å². The van der Waals surface area contributed by atoms with Gasteiger partial charge in [-0.2, -0.15) is 0 Å². The largest absolute Gasteiger partial charge is 0.505 e. The lowest BCUT2D eigenvalue weighted by Gasteiger charge is -2.36. The molecular formula is C36H51IN5O8PS. The number of nitrogens with zero attached hydrogens (tertiary/aromatic N) is 3. The molecule has 16 heteroatoms. The molecule has 2 amide bonds. The molecule has 0 radical (unpaired) electrons. The zero-order valence-corrected chi connectivity index (χ0v) is 34.8. The zero-order valence-electron chi connectivity index (χ0n) is 30.8. The maximum atomic E-state index is 13.9. The topological polar surface area (TPSA) is 194 Å². The lowest BCUT2D eigenvalue weighted by Crippen LogP contribution is -2.41. The molecule has 2 unspecified atom stereocenters. The summed E-state index contributed by atoms with van der Waals surface area (Å²) in [5, 5.41) is 22.6. The molecule has 0 aliphatic carbocycles. The Bertz CT molecular complexity index is 1810. The summed E-state index contributed by atoms with van der Waals surface area (Å²) in [4.78, 5) is 35.8. The van der Waals surface area contributed by atoms with Gasteiger partial charge in [0.25, 0.3) is 5.91 Å². The Hall–Kier alpha value is -3.11. The summed E-state index contributed by atoms with van der Waals surface area (Å²) >= 11 is 2.16. The molecule has 1 heterocycles. The fourth-order valence-electron chi connectivity index (χ4n) is 5.72. The second kappa shape index (κ2) is 18.3. The maximum absolute atomic E-state index is 13.9. The summed E-state index contributed by atoms with van der Waals surface area (Å²) in [6, 6.07) is 11.0. The molecule has 3 rings (SSSR count). The van der Waals surface area contributed by atoms with E-state index < -0.39 is 37.8 Å². The first-order valence-electron chi connectivity index (χ1n) is 16.9. The molecule has 13 nitrogen and oxygen atoms in total. The highest BCUT2D eigenvalue weighted by molar-refractivity contribution is 14.2. The number of carbonyl (C=O) groups excluding carboxylic acids is 2. The van der Waals surface area contributed by atoms with Crippen LogP contribution in [0.4, 0.5) is 16.3 Å².